The maximum Gasteiger partial charge on any atom is 0.152 e. The smallest absolute Gasteiger partial charge is 0.152 e. The maximum absolute atomic E-state index is 9.00. The molecular formula is C27H21N2O+. The molecule has 4 aromatic rings. The Morgan fingerprint density at radius 1 is 0.733 bits per heavy atom. The van der Waals surface area contributed by atoms with Crippen LogP contribution < -0.4 is 5.32 Å². The molecule has 0 amide bonds. The minimum Gasteiger partial charge on any atom is -0.463 e. The highest BCUT2D eigenvalue weighted by Crippen LogP contribution is 2.32. The van der Waals surface area contributed by atoms with Crippen LogP contribution in [0, 0.1) is 5.41 Å². The third-order valence-electron chi connectivity index (χ3n) is 5.32. The van der Waals surface area contributed by atoms with E-state index in [1.165, 1.54) is 0 Å². The van der Waals surface area contributed by atoms with Crippen molar-refractivity contribution in [2.24, 2.45) is 0 Å². The summed E-state index contributed by atoms with van der Waals surface area (Å²) in [5, 5.41) is 11.2. The SMILES string of the molecule is N=C(/C(=C1\[NH2+]C(c2ccccc2)=Cc2ccccc21)c1ccccc1)c1ccco1. The van der Waals surface area contributed by atoms with E-state index < -0.39 is 0 Å². The Labute approximate surface area is 175 Å². The number of hydrogen-bond donors (Lipinski definition) is 2. The van der Waals surface area contributed by atoms with Crippen molar-refractivity contribution in [2.45, 2.75) is 0 Å². The monoisotopic (exact) mass is 389 g/mol. The minimum atomic E-state index is 0.376. The lowest BCUT2D eigenvalue weighted by molar-refractivity contribution is -0.458. The summed E-state index contributed by atoms with van der Waals surface area (Å²) >= 11 is 0. The number of benzene rings is 3. The fraction of sp³-hybridized carbons (Fsp3) is 0. The van der Waals surface area contributed by atoms with Gasteiger partial charge in [0.25, 0.3) is 0 Å². The molecule has 0 radical (unpaired) electrons. The van der Waals surface area contributed by atoms with Crippen molar-refractivity contribution in [3.8, 4) is 0 Å². The number of fused-ring (bicyclic) bond motifs is 1. The molecule has 3 heteroatoms. The molecular weight excluding hydrogens is 368 g/mol. The molecule has 5 rings (SSSR count). The van der Waals surface area contributed by atoms with E-state index in [0.717, 1.165) is 39.2 Å². The van der Waals surface area contributed by atoms with E-state index in [2.05, 4.69) is 66.0 Å². The fourth-order valence-corrected chi connectivity index (χ4v) is 3.90. The highest BCUT2D eigenvalue weighted by atomic mass is 16.3. The number of rotatable bonds is 4. The number of quaternary nitrogens is 1. The summed E-state index contributed by atoms with van der Waals surface area (Å²) in [6.45, 7) is 0. The van der Waals surface area contributed by atoms with Gasteiger partial charge in [0.1, 0.15) is 11.4 Å². The van der Waals surface area contributed by atoms with Crippen LogP contribution in [0.2, 0.25) is 0 Å². The van der Waals surface area contributed by atoms with Crippen molar-refractivity contribution in [2.75, 3.05) is 0 Å². The predicted octanol–water partition coefficient (Wildman–Crippen LogP) is 5.29. The van der Waals surface area contributed by atoms with Crippen LogP contribution in [0.25, 0.3) is 23.0 Å². The van der Waals surface area contributed by atoms with Crippen molar-refractivity contribution in [3.63, 3.8) is 0 Å². The second kappa shape index (κ2) is 7.82. The van der Waals surface area contributed by atoms with Crippen LogP contribution in [0.5, 0.6) is 0 Å². The van der Waals surface area contributed by atoms with Crippen LogP contribution in [0.3, 0.4) is 0 Å². The van der Waals surface area contributed by atoms with Crippen molar-refractivity contribution in [1.82, 2.24) is 0 Å². The van der Waals surface area contributed by atoms with E-state index in [4.69, 9.17) is 9.83 Å². The zero-order chi connectivity index (χ0) is 20.3. The second-order valence-electron chi connectivity index (χ2n) is 7.20. The van der Waals surface area contributed by atoms with Crippen molar-refractivity contribution < 1.29 is 9.73 Å². The number of nitrogens with two attached hydrogens (primary N) is 1. The maximum atomic E-state index is 9.00. The van der Waals surface area contributed by atoms with Crippen LogP contribution in [-0.4, -0.2) is 5.71 Å². The summed E-state index contributed by atoms with van der Waals surface area (Å²) < 4.78 is 5.60. The van der Waals surface area contributed by atoms with Gasteiger partial charge in [0.05, 0.1) is 11.8 Å². The lowest BCUT2D eigenvalue weighted by Gasteiger charge is -2.21. The first-order valence-electron chi connectivity index (χ1n) is 9.95. The van der Waals surface area contributed by atoms with Gasteiger partial charge in [-0.15, -0.1) is 0 Å². The molecule has 144 valence electrons. The first-order valence-corrected chi connectivity index (χ1v) is 9.95. The Hall–Kier alpha value is -3.95. The van der Waals surface area contributed by atoms with Gasteiger partial charge < -0.3 is 4.42 Å². The molecule has 0 saturated heterocycles. The van der Waals surface area contributed by atoms with Crippen LogP contribution in [-0.2, 0) is 0 Å². The summed E-state index contributed by atoms with van der Waals surface area (Å²) in [5.41, 5.74) is 7.81. The van der Waals surface area contributed by atoms with E-state index in [1.54, 1.807) is 6.26 Å². The highest BCUT2D eigenvalue weighted by molar-refractivity contribution is 6.34. The molecule has 0 saturated carbocycles. The molecule has 1 aliphatic rings. The summed E-state index contributed by atoms with van der Waals surface area (Å²) in [4.78, 5) is 0. The molecule has 0 aliphatic carbocycles. The van der Waals surface area contributed by atoms with E-state index in [0.29, 0.717) is 11.5 Å². The standard InChI is InChI=1S/C27H20N2O/c28-26(24-16-9-17-30-24)25(20-12-5-2-6-13-20)27-22-15-8-7-14-21(22)18-23(29-27)19-10-3-1-4-11-19/h1-18,28-29H/p+1/b27-25-,28-26?. The lowest BCUT2D eigenvalue weighted by Crippen LogP contribution is -2.79. The second-order valence-corrected chi connectivity index (χ2v) is 7.20. The third kappa shape index (κ3) is 3.32. The highest BCUT2D eigenvalue weighted by Gasteiger charge is 2.28. The molecule has 3 nitrogen and oxygen atoms in total. The Kier molecular flexibility index (Phi) is 4.72. The molecule has 1 aliphatic heterocycles. The minimum absolute atomic E-state index is 0.376. The zero-order valence-electron chi connectivity index (χ0n) is 16.4. The Morgan fingerprint density at radius 2 is 1.43 bits per heavy atom. The average Bonchev–Trinajstić information content (AvgIpc) is 3.35. The van der Waals surface area contributed by atoms with Gasteiger partial charge in [0.2, 0.25) is 0 Å². The molecule has 1 aromatic heterocycles. The molecule has 3 N–H and O–H groups in total. The molecule has 0 unspecified atom stereocenters. The first kappa shape index (κ1) is 18.1. The molecule has 30 heavy (non-hydrogen) atoms. The average molecular weight is 389 g/mol. The zero-order valence-corrected chi connectivity index (χ0v) is 16.4. The van der Waals surface area contributed by atoms with Gasteiger partial charge in [-0.2, -0.15) is 0 Å². The van der Waals surface area contributed by atoms with Crippen LogP contribution in [0.15, 0.2) is 108 Å². The normalized spacial score (nSPS) is 14.6. The predicted molar refractivity (Wildman–Crippen MR) is 121 cm³/mol. The van der Waals surface area contributed by atoms with Gasteiger partial charge in [-0.3, -0.25) is 10.7 Å². The van der Waals surface area contributed by atoms with E-state index in [1.807, 2.05) is 42.5 Å². The van der Waals surface area contributed by atoms with Gasteiger partial charge in [0.15, 0.2) is 11.5 Å². The Morgan fingerprint density at radius 3 is 2.17 bits per heavy atom. The molecule has 0 spiro atoms. The van der Waals surface area contributed by atoms with Gasteiger partial charge in [-0.1, -0.05) is 66.7 Å². The Bertz CT molecular complexity index is 1250. The number of furan rings is 1. The van der Waals surface area contributed by atoms with Gasteiger partial charge in [0, 0.05) is 17.2 Å². The van der Waals surface area contributed by atoms with E-state index in [-0.39, 0.29) is 0 Å². The number of hydrogen-bond acceptors (Lipinski definition) is 2. The topological polar surface area (TPSA) is 53.6 Å². The van der Waals surface area contributed by atoms with Crippen LogP contribution >= 0.6 is 0 Å². The summed E-state index contributed by atoms with van der Waals surface area (Å²) in [6.07, 6.45) is 3.83. The largest absolute Gasteiger partial charge is 0.463 e. The third-order valence-corrected chi connectivity index (χ3v) is 5.32. The summed E-state index contributed by atoms with van der Waals surface area (Å²) in [5.74, 6) is 0.558. The van der Waals surface area contributed by atoms with Gasteiger partial charge in [-0.25, -0.2) is 0 Å². The summed E-state index contributed by atoms with van der Waals surface area (Å²) in [7, 11) is 0. The lowest BCUT2D eigenvalue weighted by atomic mass is 9.89. The molecule has 0 atom stereocenters. The van der Waals surface area contributed by atoms with E-state index >= 15 is 0 Å². The molecule has 0 fully saturated rings. The summed E-state index contributed by atoms with van der Waals surface area (Å²) in [6, 6.07) is 32.5. The molecule has 3 aromatic carbocycles. The van der Waals surface area contributed by atoms with Crippen LogP contribution in [0.4, 0.5) is 0 Å². The van der Waals surface area contributed by atoms with Crippen molar-refractivity contribution >= 4 is 28.8 Å². The van der Waals surface area contributed by atoms with Gasteiger partial charge in [-0.05, 0) is 41.5 Å². The molecule has 2 heterocycles. The fourth-order valence-electron chi connectivity index (χ4n) is 3.90. The number of allylic oxidation sites excluding steroid dienone is 1. The quantitative estimate of drug-likeness (QED) is 0.458. The van der Waals surface area contributed by atoms with Crippen molar-refractivity contribution in [1.29, 1.82) is 5.41 Å². The van der Waals surface area contributed by atoms with E-state index in [9.17, 15) is 0 Å². The van der Waals surface area contributed by atoms with Crippen LogP contribution in [0.1, 0.15) is 28.0 Å². The Balaban J connectivity index is 1.77. The number of nitrogens with one attached hydrogen (secondary N) is 1. The molecule has 0 bridgehead atoms. The first-order chi connectivity index (χ1) is 14.8. The van der Waals surface area contributed by atoms with Gasteiger partial charge >= 0.3 is 0 Å². The van der Waals surface area contributed by atoms with Crippen molar-refractivity contribution in [3.05, 3.63) is 131 Å².